The molecule has 0 spiro atoms. The number of carbonyl (C=O) groups excluding carboxylic acids is 1. The maximum Gasteiger partial charge on any atom is 0.137 e. The van der Waals surface area contributed by atoms with E-state index in [9.17, 15) is 4.79 Å². The molecule has 1 aromatic rings. The highest BCUT2D eigenvalue weighted by atomic mass is 35.5. The van der Waals surface area contributed by atoms with E-state index in [1.165, 1.54) is 5.56 Å². The molecule has 1 heterocycles. The summed E-state index contributed by atoms with van der Waals surface area (Å²) in [5, 5.41) is 0. The minimum Gasteiger partial charge on any atom is -0.299 e. The summed E-state index contributed by atoms with van der Waals surface area (Å²) in [7, 11) is 0. The molecule has 17 heavy (non-hydrogen) atoms. The van der Waals surface area contributed by atoms with Crippen LogP contribution in [0.25, 0.3) is 0 Å². The first-order chi connectivity index (χ1) is 7.83. The van der Waals surface area contributed by atoms with Crippen molar-refractivity contribution in [1.82, 2.24) is 4.90 Å². The van der Waals surface area contributed by atoms with Crippen LogP contribution in [0.3, 0.4) is 0 Å². The number of rotatable bonds is 2. The quantitative estimate of drug-likeness (QED) is 0.805. The Hall–Kier alpha value is -0.860. The number of benzene rings is 1. The molecule has 2 nitrogen and oxygen atoms in total. The smallest absolute Gasteiger partial charge is 0.137 e. The number of ketones is 1. The summed E-state index contributed by atoms with van der Waals surface area (Å²) in [4.78, 5) is 14.1. The molecule has 2 atom stereocenters. The second-order valence-electron chi connectivity index (χ2n) is 5.05. The molecule has 0 N–H and O–H groups in total. The van der Waals surface area contributed by atoms with Gasteiger partial charge < -0.3 is 0 Å². The van der Waals surface area contributed by atoms with Crippen molar-refractivity contribution >= 4 is 18.2 Å². The van der Waals surface area contributed by atoms with E-state index in [-0.39, 0.29) is 12.4 Å². The Morgan fingerprint density at radius 2 is 1.94 bits per heavy atom. The van der Waals surface area contributed by atoms with Gasteiger partial charge in [0.25, 0.3) is 0 Å². The zero-order chi connectivity index (χ0) is 11.0. The minimum atomic E-state index is 0. The topological polar surface area (TPSA) is 20.3 Å². The molecule has 0 aromatic heterocycles. The third-order valence-corrected chi connectivity index (χ3v) is 3.94. The van der Waals surface area contributed by atoms with Gasteiger partial charge >= 0.3 is 0 Å². The largest absolute Gasteiger partial charge is 0.299 e. The maximum atomic E-state index is 11.6. The molecule has 2 unspecified atom stereocenters. The van der Waals surface area contributed by atoms with E-state index in [0.717, 1.165) is 32.5 Å². The molecule has 1 aliphatic carbocycles. The van der Waals surface area contributed by atoms with Crippen LogP contribution in [0.4, 0.5) is 0 Å². The van der Waals surface area contributed by atoms with Gasteiger partial charge in [0.15, 0.2) is 0 Å². The predicted octanol–water partition coefficient (Wildman–Crippen LogP) is 2.52. The van der Waals surface area contributed by atoms with Crippen molar-refractivity contribution in [2.45, 2.75) is 19.4 Å². The SMILES string of the molecule is Cl.O=C1CCC2CN(Cc3ccccc3)CC12. The van der Waals surface area contributed by atoms with Gasteiger partial charge in [-0.15, -0.1) is 12.4 Å². The standard InChI is InChI=1S/C14H17NO.ClH/c16-14-7-6-12-9-15(10-13(12)14)8-11-4-2-1-3-5-11;/h1-5,12-13H,6-10H2;1H. The number of halogens is 1. The monoisotopic (exact) mass is 251 g/mol. The average molecular weight is 252 g/mol. The average Bonchev–Trinajstić information content (AvgIpc) is 2.83. The van der Waals surface area contributed by atoms with Crippen LogP contribution in [-0.2, 0) is 11.3 Å². The molecular formula is C14H18ClNO. The van der Waals surface area contributed by atoms with E-state index in [1.54, 1.807) is 0 Å². The van der Waals surface area contributed by atoms with Gasteiger partial charge in [0.2, 0.25) is 0 Å². The second-order valence-corrected chi connectivity index (χ2v) is 5.05. The molecular weight excluding hydrogens is 234 g/mol. The molecule has 0 amide bonds. The summed E-state index contributed by atoms with van der Waals surface area (Å²) >= 11 is 0. The number of fused-ring (bicyclic) bond motifs is 1. The van der Waals surface area contributed by atoms with E-state index in [4.69, 9.17) is 0 Å². The van der Waals surface area contributed by atoms with Crippen LogP contribution in [0.2, 0.25) is 0 Å². The van der Waals surface area contributed by atoms with Gasteiger partial charge in [-0.1, -0.05) is 30.3 Å². The summed E-state index contributed by atoms with van der Waals surface area (Å²) in [5.41, 5.74) is 1.36. The van der Waals surface area contributed by atoms with Gasteiger partial charge in [0.05, 0.1) is 0 Å². The Bertz CT molecular complexity index is 392. The molecule has 2 aliphatic rings. The second kappa shape index (κ2) is 5.19. The van der Waals surface area contributed by atoms with E-state index >= 15 is 0 Å². The first kappa shape index (κ1) is 12.6. The highest BCUT2D eigenvalue weighted by molar-refractivity contribution is 5.85. The lowest BCUT2D eigenvalue weighted by Gasteiger charge is -2.16. The third-order valence-electron chi connectivity index (χ3n) is 3.94. The Morgan fingerprint density at radius 1 is 1.18 bits per heavy atom. The fourth-order valence-corrected chi connectivity index (χ4v) is 3.10. The Kier molecular flexibility index (Phi) is 3.85. The van der Waals surface area contributed by atoms with Crippen LogP contribution in [0.5, 0.6) is 0 Å². The van der Waals surface area contributed by atoms with Crippen LogP contribution < -0.4 is 0 Å². The van der Waals surface area contributed by atoms with E-state index in [2.05, 4.69) is 29.2 Å². The number of hydrogen-bond donors (Lipinski definition) is 0. The van der Waals surface area contributed by atoms with E-state index in [0.29, 0.717) is 17.6 Å². The van der Waals surface area contributed by atoms with Crippen LogP contribution in [0.15, 0.2) is 30.3 Å². The van der Waals surface area contributed by atoms with Gasteiger partial charge in [0.1, 0.15) is 5.78 Å². The molecule has 3 rings (SSSR count). The zero-order valence-electron chi connectivity index (χ0n) is 9.84. The summed E-state index contributed by atoms with van der Waals surface area (Å²) in [6.07, 6.45) is 1.95. The fourth-order valence-electron chi connectivity index (χ4n) is 3.10. The fraction of sp³-hybridized carbons (Fsp3) is 0.500. The number of Topliss-reactive ketones (excluding diaryl/α,β-unsaturated/α-hetero) is 1. The van der Waals surface area contributed by atoms with Gasteiger partial charge in [-0.25, -0.2) is 0 Å². The molecule has 0 bridgehead atoms. The molecule has 1 saturated carbocycles. The zero-order valence-corrected chi connectivity index (χ0v) is 10.7. The van der Waals surface area contributed by atoms with Crippen molar-refractivity contribution in [3.05, 3.63) is 35.9 Å². The van der Waals surface area contributed by atoms with Crippen LogP contribution in [0, 0.1) is 11.8 Å². The molecule has 1 aromatic carbocycles. The number of carbonyl (C=O) groups is 1. The minimum absolute atomic E-state index is 0. The third kappa shape index (κ3) is 2.53. The summed E-state index contributed by atoms with van der Waals surface area (Å²) in [6.45, 7) is 3.10. The first-order valence-electron chi connectivity index (χ1n) is 6.12. The lowest BCUT2D eigenvalue weighted by molar-refractivity contribution is -0.120. The lowest BCUT2D eigenvalue weighted by Crippen LogP contribution is -2.22. The number of likely N-dealkylation sites (tertiary alicyclic amines) is 1. The molecule has 0 radical (unpaired) electrons. The summed E-state index contributed by atoms with van der Waals surface area (Å²) < 4.78 is 0. The van der Waals surface area contributed by atoms with Gasteiger partial charge in [-0.3, -0.25) is 9.69 Å². The first-order valence-corrected chi connectivity index (χ1v) is 6.12. The van der Waals surface area contributed by atoms with Gasteiger partial charge in [-0.2, -0.15) is 0 Å². The number of hydrogen-bond acceptors (Lipinski definition) is 2. The lowest BCUT2D eigenvalue weighted by atomic mass is 10.0. The Morgan fingerprint density at radius 3 is 2.65 bits per heavy atom. The van der Waals surface area contributed by atoms with Gasteiger partial charge in [-0.05, 0) is 17.9 Å². The Labute approximate surface area is 108 Å². The van der Waals surface area contributed by atoms with Crippen molar-refractivity contribution in [3.63, 3.8) is 0 Å². The predicted molar refractivity (Wildman–Crippen MR) is 70.2 cm³/mol. The van der Waals surface area contributed by atoms with Crippen molar-refractivity contribution in [2.24, 2.45) is 11.8 Å². The normalized spacial score (nSPS) is 27.9. The van der Waals surface area contributed by atoms with Crippen molar-refractivity contribution in [1.29, 1.82) is 0 Å². The molecule has 2 fully saturated rings. The number of nitrogens with zero attached hydrogens (tertiary/aromatic N) is 1. The van der Waals surface area contributed by atoms with Crippen molar-refractivity contribution in [2.75, 3.05) is 13.1 Å². The van der Waals surface area contributed by atoms with Crippen LogP contribution in [0.1, 0.15) is 18.4 Å². The molecule has 3 heteroatoms. The van der Waals surface area contributed by atoms with E-state index in [1.807, 2.05) is 6.07 Å². The van der Waals surface area contributed by atoms with Gasteiger partial charge in [0, 0.05) is 32.0 Å². The molecule has 92 valence electrons. The summed E-state index contributed by atoms with van der Waals surface area (Å²) in [5.74, 6) is 1.50. The highest BCUT2D eigenvalue weighted by Crippen LogP contribution is 2.35. The molecule has 1 aliphatic heterocycles. The van der Waals surface area contributed by atoms with Crippen LogP contribution in [-0.4, -0.2) is 23.8 Å². The van der Waals surface area contributed by atoms with E-state index < -0.39 is 0 Å². The summed E-state index contributed by atoms with van der Waals surface area (Å²) in [6, 6.07) is 10.5. The van der Waals surface area contributed by atoms with Crippen LogP contribution >= 0.6 is 12.4 Å². The maximum absolute atomic E-state index is 11.6. The Balaban J connectivity index is 0.00000108. The molecule has 1 saturated heterocycles. The highest BCUT2D eigenvalue weighted by Gasteiger charge is 2.41. The van der Waals surface area contributed by atoms with Crippen molar-refractivity contribution < 1.29 is 4.79 Å². The van der Waals surface area contributed by atoms with Crippen molar-refractivity contribution in [3.8, 4) is 0 Å².